The highest BCUT2D eigenvalue weighted by Crippen LogP contribution is 2.33. The number of likely N-dealkylation sites (tertiary alicyclic amines) is 1. The third kappa shape index (κ3) is 3.66. The first kappa shape index (κ1) is 18.2. The van der Waals surface area contributed by atoms with Crippen molar-refractivity contribution in [1.82, 2.24) is 15.0 Å². The summed E-state index contributed by atoms with van der Waals surface area (Å²) in [4.78, 5) is 19.2. The van der Waals surface area contributed by atoms with Crippen LogP contribution in [0.15, 0.2) is 28.8 Å². The van der Waals surface area contributed by atoms with Gasteiger partial charge in [0.25, 0.3) is 5.91 Å². The third-order valence-corrected chi connectivity index (χ3v) is 4.52. The standard InChI is InChI=1S/C19H25N3O4/c1-12(2)17-20-18(26-21-17)14-8-7-11-22(14)19(23)13(3)25-16-10-6-5-9-15(16)24-4/h5-6,9-10,12-14H,7-8,11H2,1-4H3. The van der Waals surface area contributed by atoms with Crippen molar-refractivity contribution >= 4 is 5.91 Å². The Hall–Kier alpha value is -2.57. The van der Waals surface area contributed by atoms with Gasteiger partial charge in [-0.25, -0.2) is 0 Å². The third-order valence-electron chi connectivity index (χ3n) is 4.52. The Morgan fingerprint density at radius 1 is 1.27 bits per heavy atom. The topological polar surface area (TPSA) is 77.7 Å². The molecule has 1 aromatic heterocycles. The molecule has 26 heavy (non-hydrogen) atoms. The van der Waals surface area contributed by atoms with Crippen molar-refractivity contribution in [3.8, 4) is 11.5 Å². The van der Waals surface area contributed by atoms with E-state index >= 15 is 0 Å². The summed E-state index contributed by atoms with van der Waals surface area (Å²) in [6.07, 6.45) is 1.07. The lowest BCUT2D eigenvalue weighted by Crippen LogP contribution is -2.40. The van der Waals surface area contributed by atoms with Gasteiger partial charge < -0.3 is 18.9 Å². The number of hydrogen-bond donors (Lipinski definition) is 0. The van der Waals surface area contributed by atoms with Crippen molar-refractivity contribution in [2.24, 2.45) is 0 Å². The summed E-state index contributed by atoms with van der Waals surface area (Å²) in [6, 6.07) is 7.11. The number of carbonyl (C=O) groups excluding carboxylic acids is 1. The zero-order valence-electron chi connectivity index (χ0n) is 15.6. The van der Waals surface area contributed by atoms with Crippen molar-refractivity contribution in [2.45, 2.75) is 51.7 Å². The van der Waals surface area contributed by atoms with Crippen LogP contribution in [0.4, 0.5) is 0 Å². The van der Waals surface area contributed by atoms with Crippen LogP contribution in [0.2, 0.25) is 0 Å². The highest BCUT2D eigenvalue weighted by Gasteiger charge is 2.36. The maximum Gasteiger partial charge on any atom is 0.264 e. The van der Waals surface area contributed by atoms with Crippen LogP contribution in [0, 0.1) is 0 Å². The second-order valence-electron chi connectivity index (χ2n) is 6.75. The molecule has 1 saturated heterocycles. The fourth-order valence-corrected chi connectivity index (χ4v) is 3.09. The van der Waals surface area contributed by atoms with Crippen molar-refractivity contribution < 1.29 is 18.8 Å². The number of hydrogen-bond acceptors (Lipinski definition) is 6. The summed E-state index contributed by atoms with van der Waals surface area (Å²) < 4.78 is 16.5. The quantitative estimate of drug-likeness (QED) is 0.787. The summed E-state index contributed by atoms with van der Waals surface area (Å²) in [5.74, 6) is 2.41. The van der Waals surface area contributed by atoms with Crippen LogP contribution in [0.1, 0.15) is 57.3 Å². The lowest BCUT2D eigenvalue weighted by molar-refractivity contribution is -0.139. The molecular formula is C19H25N3O4. The van der Waals surface area contributed by atoms with Gasteiger partial charge in [0.1, 0.15) is 6.04 Å². The maximum atomic E-state index is 12.9. The van der Waals surface area contributed by atoms with E-state index in [0.29, 0.717) is 29.8 Å². The van der Waals surface area contributed by atoms with Gasteiger partial charge in [-0.15, -0.1) is 0 Å². The summed E-state index contributed by atoms with van der Waals surface area (Å²) in [5.41, 5.74) is 0. The van der Waals surface area contributed by atoms with Gasteiger partial charge in [0.2, 0.25) is 5.89 Å². The van der Waals surface area contributed by atoms with E-state index in [1.807, 2.05) is 26.0 Å². The van der Waals surface area contributed by atoms with Gasteiger partial charge in [0, 0.05) is 12.5 Å². The Morgan fingerprint density at radius 2 is 2.00 bits per heavy atom. The summed E-state index contributed by atoms with van der Waals surface area (Å²) in [6.45, 7) is 6.42. The molecule has 1 amide bonds. The number of nitrogens with zero attached hydrogens (tertiary/aromatic N) is 3. The molecule has 1 aromatic carbocycles. The van der Waals surface area contributed by atoms with E-state index in [-0.39, 0.29) is 17.9 Å². The smallest absolute Gasteiger partial charge is 0.264 e. The lowest BCUT2D eigenvalue weighted by Gasteiger charge is -2.26. The number of rotatable bonds is 6. The molecule has 2 atom stereocenters. The van der Waals surface area contributed by atoms with E-state index in [9.17, 15) is 4.79 Å². The van der Waals surface area contributed by atoms with Crippen LogP contribution in [0.5, 0.6) is 11.5 Å². The number of aromatic nitrogens is 2. The molecule has 0 radical (unpaired) electrons. The minimum absolute atomic E-state index is 0.0947. The highest BCUT2D eigenvalue weighted by atomic mass is 16.5. The molecule has 0 aliphatic carbocycles. The SMILES string of the molecule is COc1ccccc1OC(C)C(=O)N1CCCC1c1nc(C(C)C)no1. The Morgan fingerprint density at radius 3 is 2.65 bits per heavy atom. The van der Waals surface area contributed by atoms with Gasteiger partial charge in [0.15, 0.2) is 23.4 Å². The molecule has 7 nitrogen and oxygen atoms in total. The summed E-state index contributed by atoms with van der Waals surface area (Å²) in [5, 5.41) is 4.02. The number of methoxy groups -OCH3 is 1. The molecule has 0 bridgehead atoms. The maximum absolute atomic E-state index is 12.9. The molecule has 1 aliphatic rings. The molecule has 140 valence electrons. The average molecular weight is 359 g/mol. The fraction of sp³-hybridized carbons (Fsp3) is 0.526. The van der Waals surface area contributed by atoms with Gasteiger partial charge in [0.05, 0.1) is 7.11 Å². The minimum atomic E-state index is -0.639. The van der Waals surface area contributed by atoms with E-state index in [2.05, 4.69) is 10.1 Å². The fourth-order valence-electron chi connectivity index (χ4n) is 3.09. The number of amides is 1. The van der Waals surface area contributed by atoms with Gasteiger partial charge >= 0.3 is 0 Å². The van der Waals surface area contributed by atoms with Crippen molar-refractivity contribution in [3.63, 3.8) is 0 Å². The first-order valence-corrected chi connectivity index (χ1v) is 8.95. The molecule has 3 rings (SSSR count). The van der Waals surface area contributed by atoms with Crippen LogP contribution in [0.3, 0.4) is 0 Å². The molecule has 0 spiro atoms. The van der Waals surface area contributed by atoms with Crippen LogP contribution >= 0.6 is 0 Å². The first-order valence-electron chi connectivity index (χ1n) is 8.95. The van der Waals surface area contributed by atoms with E-state index in [1.165, 1.54) is 0 Å². The van der Waals surface area contributed by atoms with Crippen molar-refractivity contribution in [1.29, 1.82) is 0 Å². The number of ether oxygens (including phenoxy) is 2. The van der Waals surface area contributed by atoms with E-state index in [4.69, 9.17) is 14.0 Å². The second-order valence-corrected chi connectivity index (χ2v) is 6.75. The Balaban J connectivity index is 1.72. The van der Waals surface area contributed by atoms with Crippen LogP contribution < -0.4 is 9.47 Å². The minimum Gasteiger partial charge on any atom is -0.493 e. The van der Waals surface area contributed by atoms with E-state index < -0.39 is 6.10 Å². The van der Waals surface area contributed by atoms with Crippen molar-refractivity contribution in [3.05, 3.63) is 36.0 Å². The monoisotopic (exact) mass is 359 g/mol. The molecule has 0 N–H and O–H groups in total. The van der Waals surface area contributed by atoms with Gasteiger partial charge in [-0.3, -0.25) is 4.79 Å². The zero-order chi connectivity index (χ0) is 18.7. The van der Waals surface area contributed by atoms with E-state index in [0.717, 1.165) is 12.8 Å². The predicted molar refractivity (Wildman–Crippen MR) is 95.2 cm³/mol. The molecule has 2 aromatic rings. The van der Waals surface area contributed by atoms with Gasteiger partial charge in [-0.1, -0.05) is 31.1 Å². The first-order chi connectivity index (χ1) is 12.5. The molecule has 2 unspecified atom stereocenters. The van der Waals surface area contributed by atoms with Gasteiger partial charge in [-0.2, -0.15) is 4.98 Å². The Bertz CT molecular complexity index is 759. The average Bonchev–Trinajstić information content (AvgIpc) is 3.30. The van der Waals surface area contributed by atoms with Crippen LogP contribution in [0.25, 0.3) is 0 Å². The molecule has 2 heterocycles. The van der Waals surface area contributed by atoms with Crippen molar-refractivity contribution in [2.75, 3.05) is 13.7 Å². The summed E-state index contributed by atoms with van der Waals surface area (Å²) in [7, 11) is 1.58. The molecule has 1 aliphatic heterocycles. The highest BCUT2D eigenvalue weighted by molar-refractivity contribution is 5.81. The normalized spacial score (nSPS) is 18.2. The van der Waals surface area contributed by atoms with E-state index in [1.54, 1.807) is 31.1 Å². The lowest BCUT2D eigenvalue weighted by atomic mass is 10.2. The molecule has 7 heteroatoms. The Labute approximate surface area is 153 Å². The second kappa shape index (κ2) is 7.76. The molecule has 1 fully saturated rings. The van der Waals surface area contributed by atoms with Crippen LogP contribution in [-0.2, 0) is 4.79 Å². The largest absolute Gasteiger partial charge is 0.493 e. The van der Waals surface area contributed by atoms with Gasteiger partial charge in [-0.05, 0) is 31.9 Å². The molecule has 0 saturated carbocycles. The number of para-hydroxylation sites is 2. The zero-order valence-corrected chi connectivity index (χ0v) is 15.6. The predicted octanol–water partition coefficient (Wildman–Crippen LogP) is 3.33. The number of carbonyl (C=O) groups is 1. The number of benzene rings is 1. The molecular weight excluding hydrogens is 334 g/mol. The Kier molecular flexibility index (Phi) is 5.44. The summed E-state index contributed by atoms with van der Waals surface area (Å²) >= 11 is 0. The van der Waals surface area contributed by atoms with Crippen LogP contribution in [-0.4, -0.2) is 40.7 Å².